The van der Waals surface area contributed by atoms with Crippen LogP contribution in [-0.2, 0) is 0 Å². The number of rotatable bonds is 4. The molecule has 0 aliphatic rings. The Morgan fingerprint density at radius 1 is 0.365 bits per heavy atom. The largest absolute Gasteiger partial charge is 0.309 e. The molecule has 0 amide bonds. The Balaban J connectivity index is 1.42. The summed E-state index contributed by atoms with van der Waals surface area (Å²) < 4.78 is 4.45. The van der Waals surface area contributed by atoms with Crippen molar-refractivity contribution in [3.8, 4) is 57.9 Å². The van der Waals surface area contributed by atoms with Gasteiger partial charge in [0.25, 0.3) is 0 Å². The van der Waals surface area contributed by atoms with Gasteiger partial charge in [-0.3, -0.25) is 0 Å². The predicted molar refractivity (Wildman–Crippen MR) is 205 cm³/mol. The minimum atomic E-state index is 0.407. The second-order valence-electron chi connectivity index (χ2n) is 12.6. The van der Waals surface area contributed by atoms with E-state index in [1.165, 1.54) is 0 Å². The van der Waals surface area contributed by atoms with E-state index in [4.69, 9.17) is 0 Å². The van der Waals surface area contributed by atoms with Crippen molar-refractivity contribution in [1.29, 1.82) is 21.0 Å². The molecule has 0 spiro atoms. The Hall–Kier alpha value is -7.90. The maximum absolute atomic E-state index is 10.3. The van der Waals surface area contributed by atoms with Crippen molar-refractivity contribution < 1.29 is 0 Å². The van der Waals surface area contributed by atoms with Gasteiger partial charge >= 0.3 is 0 Å². The van der Waals surface area contributed by atoms with Crippen molar-refractivity contribution >= 4 is 43.6 Å². The Labute approximate surface area is 298 Å². The van der Waals surface area contributed by atoms with Crippen molar-refractivity contribution in [3.05, 3.63) is 168 Å². The molecule has 0 aliphatic carbocycles. The minimum absolute atomic E-state index is 0.407. The lowest BCUT2D eigenvalue weighted by molar-refractivity contribution is 1.13. The topological polar surface area (TPSA) is 105 Å². The summed E-state index contributed by atoms with van der Waals surface area (Å²) in [5.41, 5.74) is 9.97. The number of benzene rings is 7. The van der Waals surface area contributed by atoms with Crippen LogP contribution in [0.2, 0.25) is 0 Å². The van der Waals surface area contributed by atoms with Gasteiger partial charge in [0.2, 0.25) is 0 Å². The fraction of sp³-hybridized carbons (Fsp3) is 0. The molecule has 0 saturated heterocycles. The fourth-order valence-corrected chi connectivity index (χ4v) is 7.74. The van der Waals surface area contributed by atoms with Crippen LogP contribution in [0.1, 0.15) is 22.3 Å². The molecule has 2 heterocycles. The van der Waals surface area contributed by atoms with Gasteiger partial charge in [-0.15, -0.1) is 0 Å². The predicted octanol–water partition coefficient (Wildman–Crippen LogP) is 10.7. The molecule has 0 radical (unpaired) electrons. The van der Waals surface area contributed by atoms with E-state index in [-0.39, 0.29) is 0 Å². The second kappa shape index (κ2) is 11.9. The van der Waals surface area contributed by atoms with E-state index in [2.05, 4.69) is 106 Å². The maximum Gasteiger partial charge on any atom is 0.0998 e. The summed E-state index contributed by atoms with van der Waals surface area (Å²) in [6.07, 6.45) is 0. The third kappa shape index (κ3) is 4.40. The van der Waals surface area contributed by atoms with E-state index in [0.29, 0.717) is 33.4 Å². The highest BCUT2D eigenvalue weighted by Gasteiger charge is 2.22. The van der Waals surface area contributed by atoms with Gasteiger partial charge in [-0.05, 0) is 66.2 Å². The number of fused-ring (bicyclic) bond motifs is 6. The number of hydrogen-bond acceptors (Lipinski definition) is 4. The van der Waals surface area contributed by atoms with Crippen molar-refractivity contribution in [2.45, 2.75) is 0 Å². The molecule has 0 atom stereocenters. The summed E-state index contributed by atoms with van der Waals surface area (Å²) in [5.74, 6) is 0. The molecular formula is C46H24N6. The number of nitriles is 4. The molecule has 9 rings (SSSR count). The number of nitrogens with zero attached hydrogens (tertiary/aromatic N) is 6. The smallest absolute Gasteiger partial charge is 0.0998 e. The first-order valence-electron chi connectivity index (χ1n) is 16.7. The fourth-order valence-electron chi connectivity index (χ4n) is 7.74. The van der Waals surface area contributed by atoms with Crippen LogP contribution in [-0.4, -0.2) is 9.13 Å². The molecule has 6 nitrogen and oxygen atoms in total. The molecule has 0 saturated carbocycles. The highest BCUT2D eigenvalue weighted by Crippen LogP contribution is 2.42. The van der Waals surface area contributed by atoms with Crippen LogP contribution < -0.4 is 0 Å². The van der Waals surface area contributed by atoms with Gasteiger partial charge in [-0.2, -0.15) is 21.0 Å². The molecule has 0 bridgehead atoms. The number of aromatic nitrogens is 2. The van der Waals surface area contributed by atoms with E-state index in [1.54, 1.807) is 36.4 Å². The molecule has 238 valence electrons. The van der Waals surface area contributed by atoms with Gasteiger partial charge in [0.05, 0.1) is 68.6 Å². The molecule has 0 fully saturated rings. The molecule has 0 unspecified atom stereocenters. The normalized spacial score (nSPS) is 11.0. The van der Waals surface area contributed by atoms with Gasteiger partial charge in [0.15, 0.2) is 0 Å². The zero-order valence-electron chi connectivity index (χ0n) is 27.5. The van der Waals surface area contributed by atoms with Gasteiger partial charge in [0, 0.05) is 49.6 Å². The summed E-state index contributed by atoms with van der Waals surface area (Å²) in [5, 5.41) is 44.9. The lowest BCUT2D eigenvalue weighted by atomic mass is 9.93. The van der Waals surface area contributed by atoms with Gasteiger partial charge < -0.3 is 9.13 Å². The summed E-state index contributed by atoms with van der Waals surface area (Å²) in [6, 6.07) is 56.7. The summed E-state index contributed by atoms with van der Waals surface area (Å²) >= 11 is 0. The Morgan fingerprint density at radius 2 is 0.846 bits per heavy atom. The maximum atomic E-state index is 10.3. The Bertz CT molecular complexity index is 3010. The lowest BCUT2D eigenvalue weighted by Gasteiger charge is -2.16. The molecule has 0 N–H and O–H groups in total. The van der Waals surface area contributed by atoms with E-state index >= 15 is 0 Å². The number of para-hydroxylation sites is 3. The van der Waals surface area contributed by atoms with Crippen LogP contribution in [0, 0.1) is 45.3 Å². The summed E-state index contributed by atoms with van der Waals surface area (Å²) in [6.45, 7) is 0. The van der Waals surface area contributed by atoms with Crippen LogP contribution in [0.15, 0.2) is 146 Å². The average Bonchev–Trinajstić information content (AvgIpc) is 3.73. The van der Waals surface area contributed by atoms with E-state index in [9.17, 15) is 21.0 Å². The second-order valence-corrected chi connectivity index (χ2v) is 12.6. The average molecular weight is 661 g/mol. The monoisotopic (exact) mass is 660 g/mol. The van der Waals surface area contributed by atoms with Crippen molar-refractivity contribution in [2.24, 2.45) is 0 Å². The number of hydrogen-bond donors (Lipinski definition) is 0. The van der Waals surface area contributed by atoms with Gasteiger partial charge in [0.1, 0.15) is 0 Å². The summed E-state index contributed by atoms with van der Waals surface area (Å²) in [4.78, 5) is 0. The van der Waals surface area contributed by atoms with E-state index in [0.717, 1.165) is 66.1 Å². The molecule has 52 heavy (non-hydrogen) atoms. The third-order valence-corrected chi connectivity index (χ3v) is 9.88. The SMILES string of the molecule is N#Cc1cccc(C#N)c1-c1ccc2c3cccc(-c4c(C#N)cccc4C#N)c3n(-c3cccc(-n4c5ccccc5c5ccccc54)c3)c2c1. The molecule has 7 aromatic carbocycles. The van der Waals surface area contributed by atoms with Crippen molar-refractivity contribution in [2.75, 3.05) is 0 Å². The van der Waals surface area contributed by atoms with Crippen molar-refractivity contribution in [3.63, 3.8) is 0 Å². The third-order valence-electron chi connectivity index (χ3n) is 9.88. The first kappa shape index (κ1) is 30.2. The van der Waals surface area contributed by atoms with Crippen LogP contribution in [0.3, 0.4) is 0 Å². The molecular weight excluding hydrogens is 637 g/mol. The van der Waals surface area contributed by atoms with Crippen LogP contribution in [0.25, 0.3) is 77.2 Å². The Morgan fingerprint density at radius 3 is 1.44 bits per heavy atom. The first-order valence-corrected chi connectivity index (χ1v) is 16.7. The standard InChI is InChI=1S/C46H24N6/c47-25-30-9-5-10-31(26-48)44(30)29-21-22-38-39-17-8-18-40(45-32(27-49)11-6-12-33(45)28-50)46(39)52(43(38)23-29)35-14-7-13-34(24-35)51-41-19-3-1-15-36(41)37-16-2-4-20-42(37)51/h1-24H. The van der Waals surface area contributed by atoms with Gasteiger partial charge in [-0.25, -0.2) is 0 Å². The minimum Gasteiger partial charge on any atom is -0.309 e. The van der Waals surface area contributed by atoms with Crippen LogP contribution >= 0.6 is 0 Å². The Kier molecular flexibility index (Phi) is 6.91. The highest BCUT2D eigenvalue weighted by molar-refractivity contribution is 6.15. The van der Waals surface area contributed by atoms with E-state index in [1.807, 2.05) is 36.4 Å². The zero-order chi connectivity index (χ0) is 35.3. The lowest BCUT2D eigenvalue weighted by Crippen LogP contribution is -2.00. The highest BCUT2D eigenvalue weighted by atomic mass is 15.0. The summed E-state index contributed by atoms with van der Waals surface area (Å²) in [7, 11) is 0. The quantitative estimate of drug-likeness (QED) is 0.187. The first-order chi connectivity index (χ1) is 25.6. The van der Waals surface area contributed by atoms with Crippen molar-refractivity contribution in [1.82, 2.24) is 9.13 Å². The van der Waals surface area contributed by atoms with Crippen LogP contribution in [0.5, 0.6) is 0 Å². The molecule has 0 aliphatic heterocycles. The van der Waals surface area contributed by atoms with E-state index < -0.39 is 0 Å². The van der Waals surface area contributed by atoms with Crippen LogP contribution in [0.4, 0.5) is 0 Å². The van der Waals surface area contributed by atoms with Gasteiger partial charge in [-0.1, -0.05) is 84.9 Å². The zero-order valence-corrected chi connectivity index (χ0v) is 27.5. The molecule has 2 aromatic heterocycles. The molecule has 6 heteroatoms. The molecule has 9 aromatic rings.